The van der Waals surface area contributed by atoms with Gasteiger partial charge in [0, 0.05) is 12.5 Å². The Morgan fingerprint density at radius 3 is 2.83 bits per heavy atom. The fraction of sp³-hybridized carbons (Fsp3) is 0.688. The molecule has 1 atom stereocenters. The zero-order chi connectivity index (χ0) is 17.3. The Bertz CT molecular complexity index is 695. The van der Waals surface area contributed by atoms with Gasteiger partial charge < -0.3 is 4.90 Å². The highest BCUT2D eigenvalue weighted by Crippen LogP contribution is 2.33. The number of hydrogen-bond donors (Lipinski definition) is 0. The third-order valence-electron chi connectivity index (χ3n) is 4.51. The average molecular weight is 341 g/mol. The maximum Gasteiger partial charge on any atom is 0.433 e. The molecule has 5 nitrogen and oxygen atoms in total. The van der Waals surface area contributed by atoms with Crippen molar-refractivity contribution < 1.29 is 13.2 Å². The third kappa shape index (κ3) is 3.68. The summed E-state index contributed by atoms with van der Waals surface area (Å²) in [5.41, 5.74) is -0.337. The van der Waals surface area contributed by atoms with Crippen LogP contribution in [0.2, 0.25) is 0 Å². The van der Waals surface area contributed by atoms with Gasteiger partial charge in [-0.1, -0.05) is 13.8 Å². The van der Waals surface area contributed by atoms with Crippen LogP contribution in [-0.4, -0.2) is 44.1 Å². The molecule has 8 heteroatoms. The molecule has 2 aromatic heterocycles. The predicted octanol–water partition coefficient (Wildman–Crippen LogP) is 3.37. The molecule has 24 heavy (non-hydrogen) atoms. The van der Waals surface area contributed by atoms with Gasteiger partial charge in [0.1, 0.15) is 6.33 Å². The maximum atomic E-state index is 13.3. The summed E-state index contributed by atoms with van der Waals surface area (Å²) in [5.74, 6) is 0.639. The van der Waals surface area contributed by atoms with Crippen LogP contribution in [0.3, 0.4) is 0 Å². The molecule has 1 unspecified atom stereocenters. The summed E-state index contributed by atoms with van der Waals surface area (Å²) in [5, 5.41) is 3.65. The molecular formula is C16H22F3N5. The Morgan fingerprint density at radius 2 is 2.12 bits per heavy atom. The van der Waals surface area contributed by atoms with Crippen molar-refractivity contribution in [3.05, 3.63) is 23.8 Å². The second-order valence-electron chi connectivity index (χ2n) is 6.86. The number of halogens is 3. The molecule has 0 spiro atoms. The molecule has 0 saturated carbocycles. The van der Waals surface area contributed by atoms with E-state index < -0.39 is 11.9 Å². The van der Waals surface area contributed by atoms with Gasteiger partial charge in [-0.15, -0.1) is 0 Å². The largest absolute Gasteiger partial charge is 0.433 e. The van der Waals surface area contributed by atoms with Crippen molar-refractivity contribution >= 4 is 5.78 Å². The molecule has 0 radical (unpaired) electrons. The van der Waals surface area contributed by atoms with E-state index >= 15 is 0 Å². The van der Waals surface area contributed by atoms with Crippen LogP contribution < -0.4 is 0 Å². The van der Waals surface area contributed by atoms with Gasteiger partial charge in [0.25, 0.3) is 5.78 Å². The van der Waals surface area contributed by atoms with E-state index in [1.54, 1.807) is 0 Å². The van der Waals surface area contributed by atoms with Crippen LogP contribution in [-0.2, 0) is 6.18 Å². The lowest BCUT2D eigenvalue weighted by Crippen LogP contribution is -2.36. The summed E-state index contributed by atoms with van der Waals surface area (Å²) in [7, 11) is 0. The number of likely N-dealkylation sites (tertiary alicyclic amines) is 1. The fourth-order valence-electron chi connectivity index (χ4n) is 3.18. The fourth-order valence-corrected chi connectivity index (χ4v) is 3.18. The number of hydrogen-bond acceptors (Lipinski definition) is 4. The number of aromatic nitrogens is 4. The SMILES string of the molecule is CC(C)CCN1CCCC(c2cc(C(F)(F)F)n3ncnc3n2)C1. The molecule has 3 rings (SSSR count). The zero-order valence-corrected chi connectivity index (χ0v) is 13.9. The number of rotatable bonds is 4. The third-order valence-corrected chi connectivity index (χ3v) is 4.51. The van der Waals surface area contributed by atoms with Crippen molar-refractivity contribution in [2.45, 2.75) is 45.2 Å². The summed E-state index contributed by atoms with van der Waals surface area (Å²) in [4.78, 5) is 10.5. The molecular weight excluding hydrogens is 319 g/mol. The van der Waals surface area contributed by atoms with Crippen LogP contribution >= 0.6 is 0 Å². The molecule has 0 N–H and O–H groups in total. The topological polar surface area (TPSA) is 46.3 Å². The van der Waals surface area contributed by atoms with Crippen LogP contribution in [0.15, 0.2) is 12.4 Å². The van der Waals surface area contributed by atoms with E-state index in [4.69, 9.17) is 0 Å². The first-order valence-corrected chi connectivity index (χ1v) is 8.35. The smallest absolute Gasteiger partial charge is 0.303 e. The van der Waals surface area contributed by atoms with E-state index in [0.29, 0.717) is 11.6 Å². The highest BCUT2D eigenvalue weighted by atomic mass is 19.4. The van der Waals surface area contributed by atoms with E-state index in [9.17, 15) is 13.2 Å². The molecule has 0 amide bonds. The summed E-state index contributed by atoms with van der Waals surface area (Å²) in [6, 6.07) is 1.14. The van der Waals surface area contributed by atoms with Crippen molar-refractivity contribution in [2.24, 2.45) is 5.92 Å². The van der Waals surface area contributed by atoms with E-state index in [1.165, 1.54) is 0 Å². The normalized spacial score (nSPS) is 20.2. The average Bonchev–Trinajstić information content (AvgIpc) is 2.99. The number of fused-ring (bicyclic) bond motifs is 1. The molecule has 0 bridgehead atoms. The van der Waals surface area contributed by atoms with Crippen molar-refractivity contribution in [2.75, 3.05) is 19.6 Å². The van der Waals surface area contributed by atoms with Crippen molar-refractivity contribution in [3.63, 3.8) is 0 Å². The van der Waals surface area contributed by atoms with Crippen LogP contribution in [0.1, 0.15) is 50.4 Å². The highest BCUT2D eigenvalue weighted by Gasteiger charge is 2.36. The molecule has 1 fully saturated rings. The van der Waals surface area contributed by atoms with Crippen molar-refractivity contribution in [3.8, 4) is 0 Å². The van der Waals surface area contributed by atoms with E-state index in [0.717, 1.165) is 55.8 Å². The van der Waals surface area contributed by atoms with Crippen LogP contribution in [0, 0.1) is 5.92 Å². The summed E-state index contributed by atoms with van der Waals surface area (Å²) >= 11 is 0. The van der Waals surface area contributed by atoms with Gasteiger partial charge in [0.15, 0.2) is 5.69 Å². The quantitative estimate of drug-likeness (QED) is 0.855. The van der Waals surface area contributed by atoms with Crippen LogP contribution in [0.5, 0.6) is 0 Å². The Labute approximate surface area is 138 Å². The predicted molar refractivity (Wildman–Crippen MR) is 83.7 cm³/mol. The zero-order valence-electron chi connectivity index (χ0n) is 13.9. The Hall–Kier alpha value is -1.70. The second kappa shape index (κ2) is 6.66. The minimum atomic E-state index is -4.48. The van der Waals surface area contributed by atoms with E-state index in [2.05, 4.69) is 33.8 Å². The Kier molecular flexibility index (Phi) is 4.76. The minimum absolute atomic E-state index is 0.00807. The van der Waals surface area contributed by atoms with Gasteiger partial charge in [-0.05, 0) is 44.3 Å². The first-order chi connectivity index (χ1) is 11.3. The lowest BCUT2D eigenvalue weighted by molar-refractivity contribution is -0.142. The van der Waals surface area contributed by atoms with Crippen molar-refractivity contribution in [1.29, 1.82) is 0 Å². The van der Waals surface area contributed by atoms with Gasteiger partial charge in [-0.3, -0.25) is 0 Å². The maximum absolute atomic E-state index is 13.3. The minimum Gasteiger partial charge on any atom is -0.303 e. The second-order valence-corrected chi connectivity index (χ2v) is 6.86. The Morgan fingerprint density at radius 1 is 1.33 bits per heavy atom. The van der Waals surface area contributed by atoms with Crippen molar-refractivity contribution in [1.82, 2.24) is 24.5 Å². The molecule has 0 aliphatic carbocycles. The number of nitrogens with zero attached hydrogens (tertiary/aromatic N) is 5. The standard InChI is InChI=1S/C16H22F3N5/c1-11(2)5-7-23-6-3-4-12(9-23)13-8-14(16(17,18)19)24-15(22-13)20-10-21-24/h8,10-12H,3-7,9H2,1-2H3. The van der Waals surface area contributed by atoms with Gasteiger partial charge in [-0.25, -0.2) is 4.98 Å². The van der Waals surface area contributed by atoms with Crippen LogP contribution in [0.4, 0.5) is 13.2 Å². The molecule has 132 valence electrons. The molecule has 2 aromatic rings. The first kappa shape index (κ1) is 17.1. The molecule has 1 aliphatic heterocycles. The summed E-state index contributed by atoms with van der Waals surface area (Å²) < 4.78 is 40.7. The van der Waals surface area contributed by atoms with Gasteiger partial charge >= 0.3 is 6.18 Å². The summed E-state index contributed by atoms with van der Waals surface area (Å²) in [6.07, 6.45) is -0.444. The van der Waals surface area contributed by atoms with Gasteiger partial charge in [0.2, 0.25) is 0 Å². The van der Waals surface area contributed by atoms with E-state index in [-0.39, 0.29) is 11.7 Å². The Balaban J connectivity index is 1.86. The monoisotopic (exact) mass is 341 g/mol. The molecule has 1 saturated heterocycles. The van der Waals surface area contributed by atoms with E-state index in [1.807, 2.05) is 0 Å². The molecule has 0 aromatic carbocycles. The lowest BCUT2D eigenvalue weighted by atomic mass is 9.93. The molecule has 1 aliphatic rings. The lowest BCUT2D eigenvalue weighted by Gasteiger charge is -2.33. The molecule has 3 heterocycles. The number of alkyl halides is 3. The highest BCUT2D eigenvalue weighted by molar-refractivity contribution is 5.33. The first-order valence-electron chi connectivity index (χ1n) is 8.35. The number of piperidine rings is 1. The van der Waals surface area contributed by atoms with Crippen LogP contribution in [0.25, 0.3) is 5.78 Å². The summed E-state index contributed by atoms with van der Waals surface area (Å²) in [6.45, 7) is 7.09. The van der Waals surface area contributed by atoms with Gasteiger partial charge in [0.05, 0.1) is 5.69 Å². The van der Waals surface area contributed by atoms with Gasteiger partial charge in [-0.2, -0.15) is 27.8 Å².